The summed E-state index contributed by atoms with van der Waals surface area (Å²) in [7, 11) is 0. The highest BCUT2D eigenvalue weighted by atomic mass is 35.5. The van der Waals surface area contributed by atoms with E-state index in [0.29, 0.717) is 5.02 Å². The second kappa shape index (κ2) is 5.49. The van der Waals surface area contributed by atoms with Crippen LogP contribution in [0, 0.1) is 11.8 Å². The van der Waals surface area contributed by atoms with E-state index < -0.39 is 0 Å². The van der Waals surface area contributed by atoms with Gasteiger partial charge < -0.3 is 9.88 Å². The Balaban J connectivity index is 1.44. The van der Waals surface area contributed by atoms with Crippen LogP contribution in [-0.2, 0) is 6.54 Å². The first-order chi connectivity index (χ1) is 10.2. The fourth-order valence-electron chi connectivity index (χ4n) is 3.39. The summed E-state index contributed by atoms with van der Waals surface area (Å²) in [6.45, 7) is 1.99. The van der Waals surface area contributed by atoms with Crippen molar-refractivity contribution in [3.05, 3.63) is 34.4 Å². The molecule has 1 N–H and O–H groups in total. The van der Waals surface area contributed by atoms with Gasteiger partial charge in [0.05, 0.1) is 10.5 Å². The van der Waals surface area contributed by atoms with Crippen LogP contribution >= 0.6 is 23.2 Å². The number of aromatic nitrogens is 1. The van der Waals surface area contributed by atoms with Crippen LogP contribution in [0.25, 0.3) is 10.9 Å². The molecule has 21 heavy (non-hydrogen) atoms. The smallest absolute Gasteiger partial charge is 0.0514 e. The molecule has 0 spiro atoms. The molecule has 0 aliphatic heterocycles. The predicted molar refractivity (Wildman–Crippen MR) is 89.2 cm³/mol. The molecular weight excluding hydrogens is 303 g/mol. The number of halogens is 2. The number of nitrogens with zero attached hydrogens (tertiary/aromatic N) is 1. The fraction of sp³-hybridized carbons (Fsp3) is 0.529. The van der Waals surface area contributed by atoms with E-state index in [1.54, 1.807) is 0 Å². The third-order valence-corrected chi connectivity index (χ3v) is 5.33. The Morgan fingerprint density at radius 3 is 2.52 bits per heavy atom. The quantitative estimate of drug-likeness (QED) is 0.813. The van der Waals surface area contributed by atoms with Gasteiger partial charge in [-0.2, -0.15) is 0 Å². The molecule has 112 valence electrons. The van der Waals surface area contributed by atoms with Crippen LogP contribution in [-0.4, -0.2) is 17.2 Å². The largest absolute Gasteiger partial charge is 0.346 e. The maximum Gasteiger partial charge on any atom is 0.0514 e. The molecule has 0 amide bonds. The first-order valence-electron chi connectivity index (χ1n) is 7.89. The van der Waals surface area contributed by atoms with Gasteiger partial charge in [-0.25, -0.2) is 0 Å². The van der Waals surface area contributed by atoms with Crippen molar-refractivity contribution in [2.45, 2.75) is 38.3 Å². The van der Waals surface area contributed by atoms with Crippen molar-refractivity contribution in [3.63, 3.8) is 0 Å². The summed E-state index contributed by atoms with van der Waals surface area (Å²) < 4.78 is 2.25. The van der Waals surface area contributed by atoms with Crippen molar-refractivity contribution >= 4 is 34.1 Å². The van der Waals surface area contributed by atoms with Crippen LogP contribution in [0.3, 0.4) is 0 Å². The van der Waals surface area contributed by atoms with Crippen LogP contribution in [0.4, 0.5) is 0 Å². The molecule has 2 nitrogen and oxygen atoms in total. The summed E-state index contributed by atoms with van der Waals surface area (Å²) in [6, 6.07) is 6.65. The average Bonchev–Trinajstić information content (AvgIpc) is 3.34. The van der Waals surface area contributed by atoms with Crippen molar-refractivity contribution < 1.29 is 0 Å². The van der Waals surface area contributed by atoms with E-state index in [2.05, 4.69) is 22.1 Å². The third-order valence-electron chi connectivity index (χ3n) is 4.80. The SMILES string of the molecule is Clc1cc(Cl)c2ccn(CCNC(C3CC3)C3CC3)c2c1. The van der Waals surface area contributed by atoms with Gasteiger partial charge in [-0.1, -0.05) is 23.2 Å². The zero-order valence-electron chi connectivity index (χ0n) is 12.0. The Morgan fingerprint density at radius 2 is 1.86 bits per heavy atom. The normalized spacial score (nSPS) is 18.8. The van der Waals surface area contributed by atoms with Gasteiger partial charge >= 0.3 is 0 Å². The standard InChI is InChI=1S/C17H20Cl2N2/c18-13-9-15(19)14-5-7-21(16(14)10-13)8-6-20-17(11-1-2-11)12-3-4-12/h5,7,9-12,17,20H,1-4,6,8H2. The Bertz CT molecular complexity index is 644. The minimum atomic E-state index is 0.703. The van der Waals surface area contributed by atoms with E-state index in [0.717, 1.165) is 46.9 Å². The lowest BCUT2D eigenvalue weighted by Crippen LogP contribution is -2.35. The molecular formula is C17H20Cl2N2. The Morgan fingerprint density at radius 1 is 1.14 bits per heavy atom. The maximum atomic E-state index is 6.25. The highest BCUT2D eigenvalue weighted by Gasteiger charge is 2.40. The highest BCUT2D eigenvalue weighted by Crippen LogP contribution is 2.44. The number of nitrogens with one attached hydrogen (secondary N) is 1. The van der Waals surface area contributed by atoms with Crippen molar-refractivity contribution in [3.8, 4) is 0 Å². The first kappa shape index (κ1) is 13.9. The van der Waals surface area contributed by atoms with Gasteiger partial charge in [0.1, 0.15) is 0 Å². The van der Waals surface area contributed by atoms with Crippen LogP contribution < -0.4 is 5.32 Å². The van der Waals surface area contributed by atoms with E-state index >= 15 is 0 Å². The zero-order valence-corrected chi connectivity index (χ0v) is 13.5. The topological polar surface area (TPSA) is 17.0 Å². The molecule has 1 aromatic carbocycles. The van der Waals surface area contributed by atoms with E-state index in [1.807, 2.05) is 12.1 Å². The molecule has 0 atom stereocenters. The first-order valence-corrected chi connectivity index (χ1v) is 8.65. The van der Waals surface area contributed by atoms with E-state index in [1.165, 1.54) is 25.7 Å². The van der Waals surface area contributed by atoms with Crippen LogP contribution in [0.1, 0.15) is 25.7 Å². The molecule has 1 aromatic heterocycles. The summed E-state index contributed by atoms with van der Waals surface area (Å²) in [5, 5.41) is 6.31. The number of rotatable bonds is 6. The Labute approximate surface area is 135 Å². The van der Waals surface area contributed by atoms with Crippen LogP contribution in [0.2, 0.25) is 10.0 Å². The predicted octanol–water partition coefficient (Wildman–Crippen LogP) is 4.73. The van der Waals surface area contributed by atoms with Crippen LogP contribution in [0.5, 0.6) is 0 Å². The summed E-state index contributed by atoms with van der Waals surface area (Å²) in [6.07, 6.45) is 7.80. The van der Waals surface area contributed by atoms with Crippen molar-refractivity contribution in [2.24, 2.45) is 11.8 Å². The van der Waals surface area contributed by atoms with E-state index in [4.69, 9.17) is 23.2 Å². The second-order valence-corrected chi connectivity index (χ2v) is 7.33. The van der Waals surface area contributed by atoms with Gasteiger partial charge in [-0.15, -0.1) is 0 Å². The summed E-state index contributed by atoms with van der Waals surface area (Å²) >= 11 is 12.4. The Hall–Kier alpha value is -0.700. The van der Waals surface area contributed by atoms with Gasteiger partial charge in [0.2, 0.25) is 0 Å². The minimum absolute atomic E-state index is 0.703. The van der Waals surface area contributed by atoms with Gasteiger partial charge in [0.15, 0.2) is 0 Å². The molecule has 0 bridgehead atoms. The highest BCUT2D eigenvalue weighted by molar-refractivity contribution is 6.38. The Kier molecular flexibility index (Phi) is 3.64. The molecule has 0 saturated heterocycles. The number of fused-ring (bicyclic) bond motifs is 1. The molecule has 0 unspecified atom stereocenters. The van der Waals surface area contributed by atoms with Crippen molar-refractivity contribution in [2.75, 3.05) is 6.54 Å². The van der Waals surface area contributed by atoms with Gasteiger partial charge in [0.25, 0.3) is 0 Å². The lowest BCUT2D eigenvalue weighted by atomic mass is 10.1. The minimum Gasteiger partial charge on any atom is -0.346 e. The molecule has 2 fully saturated rings. The van der Waals surface area contributed by atoms with E-state index in [9.17, 15) is 0 Å². The number of hydrogen-bond acceptors (Lipinski definition) is 1. The molecule has 4 rings (SSSR count). The number of benzene rings is 1. The monoisotopic (exact) mass is 322 g/mol. The van der Waals surface area contributed by atoms with Crippen molar-refractivity contribution in [1.29, 1.82) is 0 Å². The molecule has 2 saturated carbocycles. The van der Waals surface area contributed by atoms with Crippen LogP contribution in [0.15, 0.2) is 24.4 Å². The molecule has 2 aliphatic rings. The molecule has 1 heterocycles. The lowest BCUT2D eigenvalue weighted by molar-refractivity contribution is 0.408. The van der Waals surface area contributed by atoms with Gasteiger partial charge in [0, 0.05) is 35.7 Å². The molecule has 2 aromatic rings. The molecule has 0 radical (unpaired) electrons. The summed E-state index contributed by atoms with van der Waals surface area (Å²) in [5.74, 6) is 1.89. The summed E-state index contributed by atoms with van der Waals surface area (Å²) in [4.78, 5) is 0. The second-order valence-electron chi connectivity index (χ2n) is 6.48. The van der Waals surface area contributed by atoms with E-state index in [-0.39, 0.29) is 0 Å². The molecule has 4 heteroatoms. The van der Waals surface area contributed by atoms with Crippen molar-refractivity contribution in [1.82, 2.24) is 9.88 Å². The maximum absolute atomic E-state index is 6.25. The lowest BCUT2D eigenvalue weighted by Gasteiger charge is -2.18. The van der Waals surface area contributed by atoms with Gasteiger partial charge in [-0.3, -0.25) is 0 Å². The number of hydrogen-bond donors (Lipinski definition) is 1. The van der Waals surface area contributed by atoms with Gasteiger partial charge in [-0.05, 0) is 55.7 Å². The summed E-state index contributed by atoms with van der Waals surface area (Å²) in [5.41, 5.74) is 1.13. The molecule has 2 aliphatic carbocycles. The average molecular weight is 323 g/mol. The third kappa shape index (κ3) is 2.94. The fourth-order valence-corrected chi connectivity index (χ4v) is 3.94. The zero-order chi connectivity index (χ0) is 14.4.